The summed E-state index contributed by atoms with van der Waals surface area (Å²) in [6, 6.07) is 5.69. The summed E-state index contributed by atoms with van der Waals surface area (Å²) in [4.78, 5) is 3.57. The Balaban J connectivity index is 1.90. The first-order chi connectivity index (χ1) is 11.3. The summed E-state index contributed by atoms with van der Waals surface area (Å²) in [5.41, 5.74) is 1.76. The number of aliphatic hydroxyl groups excluding tert-OH is 1. The molecule has 1 aromatic carbocycles. The average Bonchev–Trinajstić information content (AvgIpc) is 2.49. The SMILES string of the molecule is CC(C)Oc1ccc(CN2CCN(CC(F)(F)F)CC2)cc1CO. The van der Waals surface area contributed by atoms with Crippen LogP contribution in [0.4, 0.5) is 13.2 Å². The molecule has 0 bridgehead atoms. The smallest absolute Gasteiger partial charge is 0.401 e. The van der Waals surface area contributed by atoms with Crippen LogP contribution < -0.4 is 4.74 Å². The summed E-state index contributed by atoms with van der Waals surface area (Å²) in [6.45, 7) is 5.62. The molecule has 136 valence electrons. The zero-order chi connectivity index (χ0) is 17.7. The van der Waals surface area contributed by atoms with Gasteiger partial charge in [-0.3, -0.25) is 9.80 Å². The van der Waals surface area contributed by atoms with E-state index in [9.17, 15) is 18.3 Å². The quantitative estimate of drug-likeness (QED) is 0.859. The predicted octanol–water partition coefficient (Wildman–Crippen LogP) is 2.65. The molecule has 1 aromatic rings. The van der Waals surface area contributed by atoms with Gasteiger partial charge in [0.2, 0.25) is 0 Å². The van der Waals surface area contributed by atoms with Crippen LogP contribution in [0.5, 0.6) is 5.75 Å². The Bertz CT molecular complexity index is 527. The Morgan fingerprint density at radius 2 is 1.75 bits per heavy atom. The lowest BCUT2D eigenvalue weighted by atomic mass is 10.1. The highest BCUT2D eigenvalue weighted by Gasteiger charge is 2.32. The number of halogens is 3. The van der Waals surface area contributed by atoms with Crippen LogP contribution in [-0.2, 0) is 13.2 Å². The van der Waals surface area contributed by atoms with Crippen molar-refractivity contribution in [3.05, 3.63) is 29.3 Å². The van der Waals surface area contributed by atoms with Gasteiger partial charge in [0.25, 0.3) is 0 Å². The molecular formula is C17H25F3N2O2. The van der Waals surface area contributed by atoms with Gasteiger partial charge in [-0.15, -0.1) is 0 Å². The van der Waals surface area contributed by atoms with E-state index in [1.807, 2.05) is 32.0 Å². The largest absolute Gasteiger partial charge is 0.491 e. The number of rotatable bonds is 6. The number of nitrogens with zero attached hydrogens (tertiary/aromatic N) is 2. The van der Waals surface area contributed by atoms with E-state index in [1.165, 1.54) is 4.90 Å². The second kappa shape index (κ2) is 8.18. The third-order valence-electron chi connectivity index (χ3n) is 3.93. The van der Waals surface area contributed by atoms with Gasteiger partial charge in [-0.05, 0) is 31.5 Å². The molecule has 1 N–H and O–H groups in total. The van der Waals surface area contributed by atoms with E-state index >= 15 is 0 Å². The fourth-order valence-corrected chi connectivity index (χ4v) is 2.84. The molecule has 1 saturated heterocycles. The maximum absolute atomic E-state index is 12.4. The van der Waals surface area contributed by atoms with Gasteiger partial charge < -0.3 is 9.84 Å². The fraction of sp³-hybridized carbons (Fsp3) is 0.647. The van der Waals surface area contributed by atoms with Crippen LogP contribution in [0.1, 0.15) is 25.0 Å². The molecular weight excluding hydrogens is 321 g/mol. The summed E-state index contributed by atoms with van der Waals surface area (Å²) in [7, 11) is 0. The lowest BCUT2D eigenvalue weighted by Gasteiger charge is -2.35. The van der Waals surface area contributed by atoms with Gasteiger partial charge in [-0.2, -0.15) is 13.2 Å². The first-order valence-corrected chi connectivity index (χ1v) is 8.17. The van der Waals surface area contributed by atoms with Crippen LogP contribution in [0.2, 0.25) is 0 Å². The molecule has 0 unspecified atom stereocenters. The average molecular weight is 346 g/mol. The molecule has 0 radical (unpaired) electrons. The molecule has 0 atom stereocenters. The van der Waals surface area contributed by atoms with E-state index < -0.39 is 12.7 Å². The summed E-state index contributed by atoms with van der Waals surface area (Å²) >= 11 is 0. The van der Waals surface area contributed by atoms with E-state index in [4.69, 9.17) is 4.74 Å². The summed E-state index contributed by atoms with van der Waals surface area (Å²) < 4.78 is 42.9. The van der Waals surface area contributed by atoms with E-state index in [1.54, 1.807) is 0 Å². The molecule has 1 heterocycles. The second-order valence-electron chi connectivity index (χ2n) is 6.43. The van der Waals surface area contributed by atoms with Gasteiger partial charge in [0.15, 0.2) is 0 Å². The molecule has 0 spiro atoms. The third-order valence-corrected chi connectivity index (χ3v) is 3.93. The van der Waals surface area contributed by atoms with E-state index in [0.29, 0.717) is 38.5 Å². The minimum atomic E-state index is -4.13. The highest BCUT2D eigenvalue weighted by Crippen LogP contribution is 2.23. The Morgan fingerprint density at radius 1 is 1.12 bits per heavy atom. The van der Waals surface area contributed by atoms with Crippen molar-refractivity contribution in [2.75, 3.05) is 32.7 Å². The first kappa shape index (κ1) is 19.0. The van der Waals surface area contributed by atoms with E-state index in [-0.39, 0.29) is 12.7 Å². The maximum atomic E-state index is 12.4. The molecule has 4 nitrogen and oxygen atoms in total. The lowest BCUT2D eigenvalue weighted by Crippen LogP contribution is -2.48. The predicted molar refractivity (Wildman–Crippen MR) is 85.9 cm³/mol. The van der Waals surface area contributed by atoms with Crippen molar-refractivity contribution < 1.29 is 23.0 Å². The van der Waals surface area contributed by atoms with Gasteiger partial charge in [-0.25, -0.2) is 0 Å². The number of alkyl halides is 3. The summed E-state index contributed by atoms with van der Waals surface area (Å²) in [6.07, 6.45) is -4.10. The van der Waals surface area contributed by atoms with Crippen molar-refractivity contribution in [3.8, 4) is 5.75 Å². The van der Waals surface area contributed by atoms with Crippen molar-refractivity contribution in [3.63, 3.8) is 0 Å². The Kier molecular flexibility index (Phi) is 6.48. The molecule has 2 rings (SSSR count). The second-order valence-corrected chi connectivity index (χ2v) is 6.43. The number of ether oxygens (including phenoxy) is 1. The van der Waals surface area contributed by atoms with Gasteiger partial charge in [0.1, 0.15) is 5.75 Å². The van der Waals surface area contributed by atoms with Crippen LogP contribution in [-0.4, -0.2) is 59.9 Å². The third kappa shape index (κ3) is 5.96. The van der Waals surface area contributed by atoms with Crippen molar-refractivity contribution >= 4 is 0 Å². The van der Waals surface area contributed by atoms with E-state index in [2.05, 4.69) is 4.90 Å². The fourth-order valence-electron chi connectivity index (χ4n) is 2.84. The molecule has 24 heavy (non-hydrogen) atoms. The van der Waals surface area contributed by atoms with Crippen LogP contribution in [0.3, 0.4) is 0 Å². The first-order valence-electron chi connectivity index (χ1n) is 8.17. The Morgan fingerprint density at radius 3 is 2.29 bits per heavy atom. The van der Waals surface area contributed by atoms with Gasteiger partial charge in [0, 0.05) is 38.3 Å². The normalized spacial score (nSPS) is 17.5. The Labute approximate surface area is 140 Å². The topological polar surface area (TPSA) is 35.9 Å². The van der Waals surface area contributed by atoms with Crippen molar-refractivity contribution in [2.45, 2.75) is 39.3 Å². The molecule has 0 aliphatic carbocycles. The van der Waals surface area contributed by atoms with Crippen LogP contribution in [0.25, 0.3) is 0 Å². The molecule has 0 aromatic heterocycles. The Hall–Kier alpha value is -1.31. The minimum absolute atomic E-state index is 0.0304. The number of aliphatic hydroxyl groups is 1. The number of hydrogen-bond acceptors (Lipinski definition) is 4. The molecule has 1 aliphatic rings. The minimum Gasteiger partial charge on any atom is -0.491 e. The van der Waals surface area contributed by atoms with Crippen LogP contribution in [0.15, 0.2) is 18.2 Å². The van der Waals surface area contributed by atoms with Crippen LogP contribution in [0, 0.1) is 0 Å². The van der Waals surface area contributed by atoms with Crippen LogP contribution >= 0.6 is 0 Å². The van der Waals surface area contributed by atoms with Gasteiger partial charge >= 0.3 is 6.18 Å². The molecule has 0 saturated carbocycles. The standard InChI is InChI=1S/C17H25F3N2O2/c1-13(2)24-16-4-3-14(9-15(16)11-23)10-21-5-7-22(8-6-21)12-17(18,19)20/h3-4,9,13,23H,5-8,10-12H2,1-2H3. The zero-order valence-electron chi connectivity index (χ0n) is 14.1. The van der Waals surface area contributed by atoms with E-state index in [0.717, 1.165) is 11.1 Å². The van der Waals surface area contributed by atoms with Gasteiger partial charge in [-0.1, -0.05) is 6.07 Å². The number of benzene rings is 1. The van der Waals surface area contributed by atoms with Crippen molar-refractivity contribution in [2.24, 2.45) is 0 Å². The monoisotopic (exact) mass is 346 g/mol. The number of hydrogen-bond donors (Lipinski definition) is 1. The molecule has 1 fully saturated rings. The highest BCUT2D eigenvalue weighted by molar-refractivity contribution is 5.37. The highest BCUT2D eigenvalue weighted by atomic mass is 19.4. The van der Waals surface area contributed by atoms with Crippen molar-refractivity contribution in [1.29, 1.82) is 0 Å². The van der Waals surface area contributed by atoms with Crippen molar-refractivity contribution in [1.82, 2.24) is 9.80 Å². The zero-order valence-corrected chi connectivity index (χ0v) is 14.1. The molecule has 0 amide bonds. The maximum Gasteiger partial charge on any atom is 0.401 e. The molecule has 7 heteroatoms. The summed E-state index contributed by atoms with van der Waals surface area (Å²) in [5, 5.41) is 9.50. The number of piperazine rings is 1. The molecule has 1 aliphatic heterocycles. The van der Waals surface area contributed by atoms with Gasteiger partial charge in [0.05, 0.1) is 19.3 Å². The summed E-state index contributed by atoms with van der Waals surface area (Å²) in [5.74, 6) is 0.672. The lowest BCUT2D eigenvalue weighted by molar-refractivity contribution is -0.149.